The predicted octanol–water partition coefficient (Wildman–Crippen LogP) is 3.16. The zero-order valence-corrected chi connectivity index (χ0v) is 13.5. The highest BCUT2D eigenvalue weighted by atomic mass is 35.5. The predicted molar refractivity (Wildman–Crippen MR) is 85.5 cm³/mol. The fourth-order valence-electron chi connectivity index (χ4n) is 1.79. The van der Waals surface area contributed by atoms with Crippen LogP contribution < -0.4 is 5.32 Å². The zero-order valence-electron chi connectivity index (χ0n) is 11.9. The van der Waals surface area contributed by atoms with Crippen molar-refractivity contribution in [3.05, 3.63) is 52.3 Å². The maximum absolute atomic E-state index is 11.8. The summed E-state index contributed by atoms with van der Waals surface area (Å²) in [6, 6.07) is 9.33. The first kappa shape index (κ1) is 15.8. The first-order valence-electron chi connectivity index (χ1n) is 6.49. The van der Waals surface area contributed by atoms with Crippen LogP contribution in [0.2, 0.25) is 5.02 Å². The molecule has 21 heavy (non-hydrogen) atoms. The molecule has 4 nitrogen and oxygen atoms in total. The number of aryl methyl sites for hydroxylation is 2. The molecule has 6 heteroatoms. The molecule has 1 aromatic carbocycles. The van der Waals surface area contributed by atoms with Crippen molar-refractivity contribution in [3.8, 4) is 0 Å². The molecule has 2 aromatic rings. The largest absolute Gasteiger partial charge is 0.351 e. The van der Waals surface area contributed by atoms with Gasteiger partial charge in [0, 0.05) is 23.0 Å². The molecule has 2 rings (SSSR count). The van der Waals surface area contributed by atoms with E-state index in [2.05, 4.69) is 15.3 Å². The molecule has 0 aliphatic rings. The van der Waals surface area contributed by atoms with Crippen molar-refractivity contribution in [2.24, 2.45) is 0 Å². The van der Waals surface area contributed by atoms with Crippen LogP contribution in [0.25, 0.3) is 0 Å². The Balaban J connectivity index is 1.82. The first-order chi connectivity index (χ1) is 10.0. The lowest BCUT2D eigenvalue weighted by atomic mass is 10.2. The molecular formula is C15H16ClN3OS. The standard InChI is InChI=1S/C15H16ClN3OS/c1-10-6-11(2)19-15(18-10)21-9-14(20)17-8-12-4-3-5-13(16)7-12/h3-7H,8-9H2,1-2H3,(H,17,20). The van der Waals surface area contributed by atoms with Crippen molar-refractivity contribution >= 4 is 29.3 Å². The number of carbonyl (C=O) groups excluding carboxylic acids is 1. The second kappa shape index (κ2) is 7.43. The summed E-state index contributed by atoms with van der Waals surface area (Å²) in [5.74, 6) is 0.242. The van der Waals surface area contributed by atoms with E-state index in [1.165, 1.54) is 11.8 Å². The second-order valence-corrected chi connectivity index (χ2v) is 6.01. The van der Waals surface area contributed by atoms with Crippen molar-refractivity contribution in [1.82, 2.24) is 15.3 Å². The molecule has 0 aliphatic heterocycles. The fourth-order valence-corrected chi connectivity index (χ4v) is 2.78. The number of benzene rings is 1. The number of aromatic nitrogens is 2. The molecule has 0 radical (unpaired) electrons. The van der Waals surface area contributed by atoms with Crippen LogP contribution in [0.4, 0.5) is 0 Å². The van der Waals surface area contributed by atoms with Crippen LogP contribution in [0.15, 0.2) is 35.5 Å². The Labute approximate surface area is 133 Å². The normalized spacial score (nSPS) is 10.4. The van der Waals surface area contributed by atoms with Crippen molar-refractivity contribution in [1.29, 1.82) is 0 Å². The van der Waals surface area contributed by atoms with E-state index in [1.807, 2.05) is 38.1 Å². The van der Waals surface area contributed by atoms with Crippen LogP contribution in [0.1, 0.15) is 17.0 Å². The minimum Gasteiger partial charge on any atom is -0.351 e. The van der Waals surface area contributed by atoms with Crippen LogP contribution in [0.3, 0.4) is 0 Å². The van der Waals surface area contributed by atoms with E-state index in [9.17, 15) is 4.79 Å². The lowest BCUT2D eigenvalue weighted by Crippen LogP contribution is -2.24. The average molecular weight is 322 g/mol. The molecule has 1 aromatic heterocycles. The van der Waals surface area contributed by atoms with Gasteiger partial charge in [0.2, 0.25) is 5.91 Å². The highest BCUT2D eigenvalue weighted by molar-refractivity contribution is 7.99. The summed E-state index contributed by atoms with van der Waals surface area (Å²) >= 11 is 7.23. The number of nitrogens with one attached hydrogen (secondary N) is 1. The lowest BCUT2D eigenvalue weighted by molar-refractivity contribution is -0.118. The third-order valence-corrected chi connectivity index (χ3v) is 3.76. The smallest absolute Gasteiger partial charge is 0.230 e. The highest BCUT2D eigenvalue weighted by Crippen LogP contribution is 2.14. The number of halogens is 1. The molecule has 0 spiro atoms. The van der Waals surface area contributed by atoms with Crippen LogP contribution >= 0.6 is 23.4 Å². The van der Waals surface area contributed by atoms with Gasteiger partial charge in [-0.1, -0.05) is 35.5 Å². The number of hydrogen-bond acceptors (Lipinski definition) is 4. The maximum Gasteiger partial charge on any atom is 0.230 e. The number of carbonyl (C=O) groups is 1. The molecule has 110 valence electrons. The van der Waals surface area contributed by atoms with Crippen molar-refractivity contribution in [3.63, 3.8) is 0 Å². The molecule has 0 aliphatic carbocycles. The van der Waals surface area contributed by atoms with E-state index < -0.39 is 0 Å². The quantitative estimate of drug-likeness (QED) is 0.679. The number of hydrogen-bond donors (Lipinski definition) is 1. The third kappa shape index (κ3) is 5.36. The van der Waals surface area contributed by atoms with Gasteiger partial charge >= 0.3 is 0 Å². The van der Waals surface area contributed by atoms with Gasteiger partial charge in [0.15, 0.2) is 5.16 Å². The van der Waals surface area contributed by atoms with E-state index in [4.69, 9.17) is 11.6 Å². The van der Waals surface area contributed by atoms with Gasteiger partial charge in [-0.05, 0) is 37.6 Å². The van der Waals surface area contributed by atoms with Crippen molar-refractivity contribution in [2.75, 3.05) is 5.75 Å². The van der Waals surface area contributed by atoms with Crippen LogP contribution in [0, 0.1) is 13.8 Å². The van der Waals surface area contributed by atoms with Gasteiger partial charge in [-0.3, -0.25) is 4.79 Å². The van der Waals surface area contributed by atoms with Crippen LogP contribution in [0.5, 0.6) is 0 Å². The summed E-state index contributed by atoms with van der Waals surface area (Å²) in [6.07, 6.45) is 0. The van der Waals surface area contributed by atoms with E-state index >= 15 is 0 Å². The molecule has 0 unspecified atom stereocenters. The summed E-state index contributed by atoms with van der Waals surface area (Å²) in [5, 5.41) is 4.15. The van der Waals surface area contributed by atoms with E-state index in [0.717, 1.165) is 17.0 Å². The monoisotopic (exact) mass is 321 g/mol. The first-order valence-corrected chi connectivity index (χ1v) is 7.85. The van der Waals surface area contributed by atoms with Crippen molar-refractivity contribution in [2.45, 2.75) is 25.5 Å². The molecule has 0 fully saturated rings. The molecule has 0 saturated heterocycles. The molecule has 0 saturated carbocycles. The molecule has 1 heterocycles. The minimum atomic E-state index is -0.0530. The Hall–Kier alpha value is -1.59. The van der Waals surface area contributed by atoms with Gasteiger partial charge in [-0.2, -0.15) is 0 Å². The summed E-state index contributed by atoms with van der Waals surface area (Å²) < 4.78 is 0. The molecule has 1 amide bonds. The Morgan fingerprint density at radius 1 is 1.24 bits per heavy atom. The molecule has 1 N–H and O–H groups in total. The average Bonchev–Trinajstić information content (AvgIpc) is 2.42. The van der Waals surface area contributed by atoms with Gasteiger partial charge in [-0.15, -0.1) is 0 Å². The van der Waals surface area contributed by atoms with Crippen LogP contribution in [-0.4, -0.2) is 21.6 Å². The maximum atomic E-state index is 11.8. The van der Waals surface area contributed by atoms with Gasteiger partial charge in [0.05, 0.1) is 5.75 Å². The van der Waals surface area contributed by atoms with E-state index in [1.54, 1.807) is 6.07 Å². The molecular weight excluding hydrogens is 306 g/mol. The minimum absolute atomic E-state index is 0.0530. The summed E-state index contributed by atoms with van der Waals surface area (Å²) in [6.45, 7) is 4.30. The molecule has 0 bridgehead atoms. The SMILES string of the molecule is Cc1cc(C)nc(SCC(=O)NCc2cccc(Cl)c2)n1. The summed E-state index contributed by atoms with van der Waals surface area (Å²) in [5.41, 5.74) is 2.79. The van der Waals surface area contributed by atoms with E-state index in [0.29, 0.717) is 22.5 Å². The zero-order chi connectivity index (χ0) is 15.2. The topological polar surface area (TPSA) is 54.9 Å². The Morgan fingerprint density at radius 3 is 2.62 bits per heavy atom. The number of amides is 1. The van der Waals surface area contributed by atoms with Gasteiger partial charge in [-0.25, -0.2) is 9.97 Å². The van der Waals surface area contributed by atoms with E-state index in [-0.39, 0.29) is 5.91 Å². The summed E-state index contributed by atoms with van der Waals surface area (Å²) in [7, 11) is 0. The Bertz CT molecular complexity index is 628. The van der Waals surface area contributed by atoms with Gasteiger partial charge in [0.1, 0.15) is 0 Å². The van der Waals surface area contributed by atoms with Gasteiger partial charge < -0.3 is 5.32 Å². The Morgan fingerprint density at radius 2 is 1.95 bits per heavy atom. The fraction of sp³-hybridized carbons (Fsp3) is 0.267. The number of nitrogens with zero attached hydrogens (tertiary/aromatic N) is 2. The number of rotatable bonds is 5. The van der Waals surface area contributed by atoms with Gasteiger partial charge in [0.25, 0.3) is 0 Å². The molecule has 0 atom stereocenters. The highest BCUT2D eigenvalue weighted by Gasteiger charge is 2.06. The van der Waals surface area contributed by atoms with Crippen molar-refractivity contribution < 1.29 is 4.79 Å². The second-order valence-electron chi connectivity index (χ2n) is 4.63. The Kier molecular flexibility index (Phi) is 5.59. The third-order valence-electron chi connectivity index (χ3n) is 2.67. The van der Waals surface area contributed by atoms with Crippen LogP contribution in [-0.2, 0) is 11.3 Å². The lowest BCUT2D eigenvalue weighted by Gasteiger charge is -2.06. The number of thioether (sulfide) groups is 1. The summed E-state index contributed by atoms with van der Waals surface area (Å²) in [4.78, 5) is 20.4.